The molecule has 7 unspecified atom stereocenters. The third-order valence-electron chi connectivity index (χ3n) is 8.31. The first-order valence-corrected chi connectivity index (χ1v) is 17.1. The van der Waals surface area contributed by atoms with E-state index in [-0.39, 0.29) is 35.5 Å². The summed E-state index contributed by atoms with van der Waals surface area (Å²) in [6, 6.07) is -5.89. The van der Waals surface area contributed by atoms with Crippen LogP contribution in [0, 0.1) is 35.5 Å². The van der Waals surface area contributed by atoms with Crippen LogP contribution in [-0.2, 0) is 28.8 Å². The summed E-state index contributed by atoms with van der Waals surface area (Å²) in [7, 11) is 0. The molecule has 12 heteroatoms. The molecule has 0 spiro atoms. The molecule has 6 N–H and O–H groups in total. The van der Waals surface area contributed by atoms with Crippen LogP contribution in [0.1, 0.15) is 109 Å². The first-order chi connectivity index (χ1) is 21.3. The molecule has 1 heterocycles. The van der Waals surface area contributed by atoms with Gasteiger partial charge in [0.05, 0.1) is 0 Å². The minimum absolute atomic E-state index is 0.0234. The van der Waals surface area contributed by atoms with Gasteiger partial charge in [0.1, 0.15) is 36.3 Å². The Bertz CT molecular complexity index is 1060. The molecule has 0 aromatic carbocycles. The fraction of sp³-hybridized carbons (Fsp3) is 0.824. The van der Waals surface area contributed by atoms with Crippen LogP contribution in [0.15, 0.2) is 0 Å². The van der Waals surface area contributed by atoms with Crippen molar-refractivity contribution in [2.45, 2.75) is 145 Å². The average Bonchev–Trinajstić information content (AvgIpc) is 2.93. The quantitative estimate of drug-likeness (QED) is 0.212. The lowest BCUT2D eigenvalue weighted by Gasteiger charge is -2.32. The second-order valence-corrected chi connectivity index (χ2v) is 14.9. The standard InChI is InChI=1S/C34H62N6O6/c1-13-22(12)28-34(46)39-27(21(10)11)33(45)36-23(14-17(2)3)29(41)35-24(15-18(4)5)30(42)38-26(20(8)9)32(44)37-25(16-19(6)7)31(43)40-28/h17-28H,13-16H2,1-12H3,(H,35,41)(H,36,45)(H,37,44)(H,38,42)(H,39,46)(H,40,43). The summed E-state index contributed by atoms with van der Waals surface area (Å²) >= 11 is 0. The van der Waals surface area contributed by atoms with E-state index in [0.717, 1.165) is 0 Å². The Morgan fingerprint density at radius 1 is 0.413 bits per heavy atom. The second kappa shape index (κ2) is 18.8. The fourth-order valence-electron chi connectivity index (χ4n) is 5.43. The molecule has 264 valence electrons. The molecule has 0 bridgehead atoms. The van der Waals surface area contributed by atoms with Crippen molar-refractivity contribution in [3.8, 4) is 0 Å². The monoisotopic (exact) mass is 650 g/mol. The summed E-state index contributed by atoms with van der Waals surface area (Å²) in [6.07, 6.45) is 1.46. The van der Waals surface area contributed by atoms with E-state index >= 15 is 0 Å². The predicted octanol–water partition coefficient (Wildman–Crippen LogP) is 2.41. The minimum Gasteiger partial charge on any atom is -0.343 e. The number of amides is 6. The zero-order valence-corrected chi connectivity index (χ0v) is 30.2. The molecule has 1 fully saturated rings. The van der Waals surface area contributed by atoms with Crippen molar-refractivity contribution in [3.05, 3.63) is 0 Å². The maximum Gasteiger partial charge on any atom is 0.243 e. The zero-order chi connectivity index (χ0) is 35.5. The molecule has 0 aliphatic carbocycles. The molecule has 46 heavy (non-hydrogen) atoms. The Morgan fingerprint density at radius 2 is 0.674 bits per heavy atom. The lowest BCUT2D eigenvalue weighted by Crippen LogP contribution is -2.63. The molecule has 1 saturated heterocycles. The van der Waals surface area contributed by atoms with Crippen LogP contribution >= 0.6 is 0 Å². The molecule has 1 rings (SSSR count). The smallest absolute Gasteiger partial charge is 0.243 e. The number of nitrogens with one attached hydrogen (secondary N) is 6. The summed E-state index contributed by atoms with van der Waals surface area (Å²) in [5, 5.41) is 17.0. The molecule has 0 saturated carbocycles. The van der Waals surface area contributed by atoms with Gasteiger partial charge in [0.2, 0.25) is 35.4 Å². The van der Waals surface area contributed by atoms with E-state index in [9.17, 15) is 28.8 Å². The van der Waals surface area contributed by atoms with Crippen LogP contribution in [0.3, 0.4) is 0 Å². The molecular formula is C34H62N6O6. The highest BCUT2D eigenvalue weighted by Crippen LogP contribution is 2.15. The van der Waals surface area contributed by atoms with E-state index < -0.39 is 71.7 Å². The van der Waals surface area contributed by atoms with Gasteiger partial charge in [-0.15, -0.1) is 0 Å². The highest BCUT2D eigenvalue weighted by atomic mass is 16.2. The third kappa shape index (κ3) is 12.9. The molecule has 0 aromatic heterocycles. The lowest BCUT2D eigenvalue weighted by molar-refractivity contribution is -0.138. The molecule has 6 amide bonds. The molecule has 0 aromatic rings. The SMILES string of the molecule is CCC(C)C1NC(=O)C(CC(C)C)NC(=O)C(C(C)C)NC(=O)C(CC(C)C)NC(=O)C(CC(C)C)NC(=O)C(C(C)C)NC1=O. The van der Waals surface area contributed by atoms with Crippen molar-refractivity contribution < 1.29 is 28.8 Å². The van der Waals surface area contributed by atoms with Crippen molar-refractivity contribution >= 4 is 35.4 Å². The van der Waals surface area contributed by atoms with Crippen molar-refractivity contribution in [2.75, 3.05) is 0 Å². The maximum absolute atomic E-state index is 13.7. The Morgan fingerprint density at radius 3 is 0.978 bits per heavy atom. The van der Waals surface area contributed by atoms with Gasteiger partial charge in [-0.05, 0) is 54.8 Å². The van der Waals surface area contributed by atoms with E-state index in [4.69, 9.17) is 0 Å². The minimum atomic E-state index is -0.995. The highest BCUT2D eigenvalue weighted by molar-refractivity contribution is 5.98. The zero-order valence-electron chi connectivity index (χ0n) is 30.2. The topological polar surface area (TPSA) is 175 Å². The highest BCUT2D eigenvalue weighted by Gasteiger charge is 2.37. The molecule has 1 aliphatic rings. The summed E-state index contributed by atoms with van der Waals surface area (Å²) in [5.74, 6) is -4.07. The maximum atomic E-state index is 13.7. The first-order valence-electron chi connectivity index (χ1n) is 17.1. The molecule has 12 nitrogen and oxygen atoms in total. The summed E-state index contributed by atoms with van der Waals surface area (Å²) < 4.78 is 0. The second-order valence-electron chi connectivity index (χ2n) is 14.9. The molecular weight excluding hydrogens is 588 g/mol. The summed E-state index contributed by atoms with van der Waals surface area (Å²) in [6.45, 7) is 22.4. The van der Waals surface area contributed by atoms with Crippen LogP contribution in [-0.4, -0.2) is 71.7 Å². The van der Waals surface area contributed by atoms with Crippen LogP contribution < -0.4 is 31.9 Å². The number of hydrogen-bond donors (Lipinski definition) is 6. The van der Waals surface area contributed by atoms with E-state index in [0.29, 0.717) is 25.7 Å². The number of rotatable bonds is 10. The van der Waals surface area contributed by atoms with E-state index in [1.165, 1.54) is 0 Å². The van der Waals surface area contributed by atoms with Gasteiger partial charge in [-0.25, -0.2) is 0 Å². The third-order valence-corrected chi connectivity index (χ3v) is 8.31. The van der Waals surface area contributed by atoms with Gasteiger partial charge in [0.25, 0.3) is 0 Å². The Hall–Kier alpha value is -3.18. The van der Waals surface area contributed by atoms with Gasteiger partial charge in [-0.1, -0.05) is 89.5 Å². The average molecular weight is 651 g/mol. The number of carbonyl (C=O) groups is 6. The normalized spacial score (nSPS) is 27.1. The van der Waals surface area contributed by atoms with Gasteiger partial charge in [-0.3, -0.25) is 28.8 Å². The predicted molar refractivity (Wildman–Crippen MR) is 179 cm³/mol. The Kier molecular flexibility index (Phi) is 16.7. The van der Waals surface area contributed by atoms with Crippen molar-refractivity contribution in [1.29, 1.82) is 0 Å². The van der Waals surface area contributed by atoms with Crippen molar-refractivity contribution in [1.82, 2.24) is 31.9 Å². The van der Waals surface area contributed by atoms with Crippen molar-refractivity contribution in [3.63, 3.8) is 0 Å². The molecule has 0 radical (unpaired) electrons. The lowest BCUT2D eigenvalue weighted by atomic mass is 9.94. The number of hydrogen-bond acceptors (Lipinski definition) is 6. The van der Waals surface area contributed by atoms with Crippen LogP contribution in [0.5, 0.6) is 0 Å². The van der Waals surface area contributed by atoms with E-state index in [2.05, 4.69) is 31.9 Å². The molecule has 7 atom stereocenters. The largest absolute Gasteiger partial charge is 0.343 e. The van der Waals surface area contributed by atoms with Gasteiger partial charge in [0.15, 0.2) is 0 Å². The van der Waals surface area contributed by atoms with Crippen LogP contribution in [0.2, 0.25) is 0 Å². The van der Waals surface area contributed by atoms with Gasteiger partial charge >= 0.3 is 0 Å². The summed E-state index contributed by atoms with van der Waals surface area (Å²) in [5.41, 5.74) is 0. The van der Waals surface area contributed by atoms with Gasteiger partial charge < -0.3 is 31.9 Å². The Balaban J connectivity index is 3.76. The van der Waals surface area contributed by atoms with Crippen LogP contribution in [0.25, 0.3) is 0 Å². The first kappa shape index (κ1) is 40.8. The summed E-state index contributed by atoms with van der Waals surface area (Å²) in [4.78, 5) is 82.2. The van der Waals surface area contributed by atoms with E-state index in [1.807, 2.05) is 55.4 Å². The fourth-order valence-corrected chi connectivity index (χ4v) is 5.43. The number of carbonyl (C=O) groups excluding carboxylic acids is 6. The Labute approximate surface area is 276 Å². The van der Waals surface area contributed by atoms with E-state index in [1.54, 1.807) is 27.7 Å². The van der Waals surface area contributed by atoms with Gasteiger partial charge in [-0.2, -0.15) is 0 Å². The van der Waals surface area contributed by atoms with Crippen LogP contribution in [0.4, 0.5) is 0 Å². The van der Waals surface area contributed by atoms with Crippen molar-refractivity contribution in [2.24, 2.45) is 35.5 Å². The molecule has 1 aliphatic heterocycles. The van der Waals surface area contributed by atoms with Gasteiger partial charge in [0, 0.05) is 0 Å².